The summed E-state index contributed by atoms with van der Waals surface area (Å²) in [4.78, 5) is 17.1. The number of morpholine rings is 1. The number of amides is 1. The summed E-state index contributed by atoms with van der Waals surface area (Å²) in [6, 6.07) is 12.8. The van der Waals surface area contributed by atoms with E-state index < -0.39 is 0 Å². The molecule has 0 bridgehead atoms. The number of hydrogen-bond acceptors (Lipinski definition) is 4. The first-order valence-corrected chi connectivity index (χ1v) is 10.9. The predicted octanol–water partition coefficient (Wildman–Crippen LogP) is 4.17. The van der Waals surface area contributed by atoms with E-state index in [0.29, 0.717) is 17.1 Å². The molecule has 2 aliphatic heterocycles. The number of nitrogens with one attached hydrogen (secondary N) is 1. The van der Waals surface area contributed by atoms with Crippen LogP contribution in [0.4, 0.5) is 15.8 Å². The van der Waals surface area contributed by atoms with E-state index >= 15 is 0 Å². The van der Waals surface area contributed by atoms with Crippen LogP contribution in [0.3, 0.4) is 0 Å². The molecule has 2 fully saturated rings. The summed E-state index contributed by atoms with van der Waals surface area (Å²) in [5.74, 6) is -0.253. The Hall–Kier alpha value is -2.15. The summed E-state index contributed by atoms with van der Waals surface area (Å²) in [6.07, 6.45) is 1.51. The van der Waals surface area contributed by atoms with Crippen LogP contribution >= 0.6 is 11.6 Å². The molecule has 0 radical (unpaired) electrons. The van der Waals surface area contributed by atoms with Gasteiger partial charge < -0.3 is 15.0 Å². The van der Waals surface area contributed by atoms with Crippen molar-refractivity contribution in [2.24, 2.45) is 5.92 Å². The van der Waals surface area contributed by atoms with Crippen molar-refractivity contribution in [1.82, 2.24) is 4.90 Å². The molecule has 4 rings (SSSR count). The molecule has 2 heterocycles. The third-order valence-electron chi connectivity index (χ3n) is 5.91. The Kier molecular flexibility index (Phi) is 6.87. The van der Waals surface area contributed by atoms with Gasteiger partial charge in [0.2, 0.25) is 5.91 Å². The smallest absolute Gasteiger partial charge is 0.227 e. The SMILES string of the molecule is O=C(Nc1ccc(N2CCOCC2)cc1)C1CCN(Cc2c(F)cccc2Cl)CC1. The number of anilines is 2. The predicted molar refractivity (Wildman–Crippen MR) is 118 cm³/mol. The van der Waals surface area contributed by atoms with Gasteiger partial charge in [-0.05, 0) is 62.3 Å². The van der Waals surface area contributed by atoms with Crippen LogP contribution in [-0.4, -0.2) is 50.2 Å². The summed E-state index contributed by atoms with van der Waals surface area (Å²) in [6.45, 7) is 5.26. The normalized spacial score (nSPS) is 18.4. The maximum Gasteiger partial charge on any atom is 0.227 e. The minimum Gasteiger partial charge on any atom is -0.378 e. The van der Waals surface area contributed by atoms with Crippen molar-refractivity contribution in [1.29, 1.82) is 0 Å². The van der Waals surface area contributed by atoms with E-state index in [4.69, 9.17) is 16.3 Å². The molecule has 2 saturated heterocycles. The molecular formula is C23H27ClFN3O2. The number of likely N-dealkylation sites (tertiary alicyclic amines) is 1. The monoisotopic (exact) mass is 431 g/mol. The number of halogens is 2. The number of ether oxygens (including phenoxy) is 1. The average Bonchev–Trinajstić information content (AvgIpc) is 2.78. The lowest BCUT2D eigenvalue weighted by atomic mass is 9.95. The topological polar surface area (TPSA) is 44.8 Å². The Balaban J connectivity index is 1.27. The fraction of sp³-hybridized carbons (Fsp3) is 0.435. The van der Waals surface area contributed by atoms with E-state index in [1.165, 1.54) is 6.07 Å². The second-order valence-electron chi connectivity index (χ2n) is 7.89. The zero-order valence-electron chi connectivity index (χ0n) is 16.9. The number of rotatable bonds is 5. The summed E-state index contributed by atoms with van der Waals surface area (Å²) in [7, 11) is 0. The van der Waals surface area contributed by atoms with Crippen molar-refractivity contribution in [3.05, 3.63) is 58.9 Å². The number of piperidine rings is 1. The second kappa shape index (κ2) is 9.77. The Morgan fingerprint density at radius 3 is 2.43 bits per heavy atom. The third-order valence-corrected chi connectivity index (χ3v) is 6.27. The first-order valence-electron chi connectivity index (χ1n) is 10.5. The second-order valence-corrected chi connectivity index (χ2v) is 8.29. The van der Waals surface area contributed by atoms with Crippen molar-refractivity contribution < 1.29 is 13.9 Å². The van der Waals surface area contributed by atoms with Crippen molar-refractivity contribution in [2.75, 3.05) is 49.6 Å². The molecule has 0 atom stereocenters. The fourth-order valence-electron chi connectivity index (χ4n) is 4.08. The summed E-state index contributed by atoms with van der Waals surface area (Å²) in [5.41, 5.74) is 2.50. The highest BCUT2D eigenvalue weighted by Crippen LogP contribution is 2.25. The first kappa shape index (κ1) is 21.1. The van der Waals surface area contributed by atoms with Gasteiger partial charge in [-0.2, -0.15) is 0 Å². The van der Waals surface area contributed by atoms with Crippen LogP contribution in [0.1, 0.15) is 18.4 Å². The highest BCUT2D eigenvalue weighted by Gasteiger charge is 2.26. The van der Waals surface area contributed by atoms with Crippen LogP contribution in [0.2, 0.25) is 5.02 Å². The molecule has 0 unspecified atom stereocenters. The number of nitrogens with zero attached hydrogens (tertiary/aromatic N) is 2. The minimum absolute atomic E-state index is 0.0312. The molecule has 160 valence electrons. The van der Waals surface area contributed by atoms with Crippen molar-refractivity contribution in [3.8, 4) is 0 Å². The van der Waals surface area contributed by atoms with Crippen LogP contribution in [0.25, 0.3) is 0 Å². The number of benzene rings is 2. The van der Waals surface area contributed by atoms with Crippen LogP contribution in [0.15, 0.2) is 42.5 Å². The summed E-state index contributed by atoms with van der Waals surface area (Å²) < 4.78 is 19.4. The van der Waals surface area contributed by atoms with Gasteiger partial charge in [0.05, 0.1) is 13.2 Å². The zero-order chi connectivity index (χ0) is 20.9. The van der Waals surface area contributed by atoms with E-state index in [9.17, 15) is 9.18 Å². The first-order chi connectivity index (χ1) is 14.6. The lowest BCUT2D eigenvalue weighted by molar-refractivity contribution is -0.121. The van der Waals surface area contributed by atoms with E-state index in [2.05, 4.69) is 15.1 Å². The van der Waals surface area contributed by atoms with Gasteiger partial charge in [-0.15, -0.1) is 0 Å². The van der Waals surface area contributed by atoms with E-state index in [-0.39, 0.29) is 17.6 Å². The molecule has 1 amide bonds. The molecule has 0 aromatic heterocycles. The highest BCUT2D eigenvalue weighted by atomic mass is 35.5. The van der Waals surface area contributed by atoms with Crippen LogP contribution < -0.4 is 10.2 Å². The molecule has 30 heavy (non-hydrogen) atoms. The molecule has 2 aromatic rings. The molecule has 2 aromatic carbocycles. The lowest BCUT2D eigenvalue weighted by Crippen LogP contribution is -2.38. The molecule has 7 heteroatoms. The molecule has 0 aliphatic carbocycles. The average molecular weight is 432 g/mol. The van der Waals surface area contributed by atoms with E-state index in [0.717, 1.165) is 63.6 Å². The Bertz CT molecular complexity index is 843. The van der Waals surface area contributed by atoms with Crippen LogP contribution in [-0.2, 0) is 16.1 Å². The van der Waals surface area contributed by atoms with Crippen LogP contribution in [0, 0.1) is 11.7 Å². The molecule has 1 N–H and O–H groups in total. The van der Waals surface area contributed by atoms with Gasteiger partial charge in [-0.25, -0.2) is 4.39 Å². The van der Waals surface area contributed by atoms with Crippen molar-refractivity contribution in [3.63, 3.8) is 0 Å². The summed E-state index contributed by atoms with van der Waals surface area (Å²) in [5, 5.41) is 3.50. The highest BCUT2D eigenvalue weighted by molar-refractivity contribution is 6.31. The van der Waals surface area contributed by atoms with Gasteiger partial charge >= 0.3 is 0 Å². The van der Waals surface area contributed by atoms with Crippen molar-refractivity contribution >= 4 is 28.9 Å². The van der Waals surface area contributed by atoms with Gasteiger partial charge in [0.1, 0.15) is 5.82 Å². The van der Waals surface area contributed by atoms with Gasteiger partial charge in [-0.1, -0.05) is 17.7 Å². The fourth-order valence-corrected chi connectivity index (χ4v) is 4.30. The lowest BCUT2D eigenvalue weighted by Gasteiger charge is -2.31. The van der Waals surface area contributed by atoms with Crippen LogP contribution in [0.5, 0.6) is 0 Å². The summed E-state index contributed by atoms with van der Waals surface area (Å²) >= 11 is 6.14. The molecular weight excluding hydrogens is 405 g/mol. The maximum absolute atomic E-state index is 14.0. The molecule has 0 spiro atoms. The number of carbonyl (C=O) groups excluding carboxylic acids is 1. The number of hydrogen-bond donors (Lipinski definition) is 1. The molecule has 0 saturated carbocycles. The van der Waals surface area contributed by atoms with Gasteiger partial charge in [0.25, 0.3) is 0 Å². The van der Waals surface area contributed by atoms with Gasteiger partial charge in [0.15, 0.2) is 0 Å². The molecule has 2 aliphatic rings. The third kappa shape index (κ3) is 5.12. The van der Waals surface area contributed by atoms with E-state index in [1.54, 1.807) is 12.1 Å². The quantitative estimate of drug-likeness (QED) is 0.771. The Morgan fingerprint density at radius 2 is 1.77 bits per heavy atom. The molecule has 5 nitrogen and oxygen atoms in total. The Morgan fingerprint density at radius 1 is 1.07 bits per heavy atom. The minimum atomic E-state index is -0.275. The zero-order valence-corrected chi connectivity index (χ0v) is 17.7. The Labute approximate surface area is 181 Å². The largest absolute Gasteiger partial charge is 0.378 e. The van der Waals surface area contributed by atoms with Crippen molar-refractivity contribution in [2.45, 2.75) is 19.4 Å². The standard InChI is InChI=1S/C23H27ClFN3O2/c24-21-2-1-3-22(25)20(21)16-27-10-8-17(9-11-27)23(29)26-18-4-6-19(7-5-18)28-12-14-30-15-13-28/h1-7,17H,8-16H2,(H,26,29). The number of carbonyl (C=O) groups is 1. The van der Waals surface area contributed by atoms with E-state index in [1.807, 2.05) is 24.3 Å². The van der Waals surface area contributed by atoms with Gasteiger partial charge in [0, 0.05) is 47.5 Å². The van der Waals surface area contributed by atoms with Gasteiger partial charge in [-0.3, -0.25) is 9.69 Å². The maximum atomic E-state index is 14.0.